The minimum Gasteiger partial charge on any atom is -0.356 e. The van der Waals surface area contributed by atoms with Crippen LogP contribution in [0.1, 0.15) is 19.3 Å². The number of hydrogen-bond donors (Lipinski definition) is 1. The molecule has 0 radical (unpaired) electrons. The Morgan fingerprint density at radius 1 is 1.80 bits per heavy atom. The van der Waals surface area contributed by atoms with Crippen molar-refractivity contribution in [3.8, 4) is 0 Å². The maximum absolute atomic E-state index is 11.0. The zero-order valence-electron chi connectivity index (χ0n) is 6.10. The molecular weight excluding hydrogens is 126 g/mol. The highest BCUT2D eigenvalue weighted by Crippen LogP contribution is 2.14. The van der Waals surface area contributed by atoms with Gasteiger partial charge in [0.05, 0.1) is 0 Å². The fraction of sp³-hybridized carbons (Fsp3) is 0.625. The van der Waals surface area contributed by atoms with Crippen LogP contribution >= 0.6 is 0 Å². The monoisotopic (exact) mass is 139 g/mol. The van der Waals surface area contributed by atoms with Gasteiger partial charge in [0.25, 0.3) is 0 Å². The van der Waals surface area contributed by atoms with Gasteiger partial charge in [0.2, 0.25) is 5.91 Å². The molecule has 56 valence electrons. The number of piperidine rings is 1. The van der Waals surface area contributed by atoms with Gasteiger partial charge in [-0.05, 0) is 19.3 Å². The zero-order chi connectivity index (χ0) is 7.40. The van der Waals surface area contributed by atoms with Crippen molar-refractivity contribution in [2.75, 3.05) is 6.54 Å². The lowest BCUT2D eigenvalue weighted by atomic mass is 9.95. The van der Waals surface area contributed by atoms with Crippen LogP contribution in [0.4, 0.5) is 0 Å². The Kier molecular flexibility index (Phi) is 2.49. The lowest BCUT2D eigenvalue weighted by Crippen LogP contribution is -2.36. The van der Waals surface area contributed by atoms with Gasteiger partial charge < -0.3 is 5.32 Å². The minimum atomic E-state index is 0.200. The van der Waals surface area contributed by atoms with E-state index in [1.807, 2.05) is 6.08 Å². The number of amides is 1. The standard InChI is InChI=1S/C8H13NO/c1-2-4-7-5-3-6-9-8(7)10/h2,7H,1,3-6H2,(H,9,10). The van der Waals surface area contributed by atoms with Crippen molar-refractivity contribution in [1.82, 2.24) is 5.32 Å². The second-order valence-electron chi connectivity index (χ2n) is 2.65. The van der Waals surface area contributed by atoms with Crippen LogP contribution in [0.15, 0.2) is 12.7 Å². The molecule has 1 saturated heterocycles. The first-order valence-electron chi connectivity index (χ1n) is 3.73. The van der Waals surface area contributed by atoms with Crippen LogP contribution in [0, 0.1) is 5.92 Å². The highest BCUT2D eigenvalue weighted by Gasteiger charge is 2.19. The predicted molar refractivity (Wildman–Crippen MR) is 40.5 cm³/mol. The number of rotatable bonds is 2. The average Bonchev–Trinajstić information content (AvgIpc) is 1.94. The van der Waals surface area contributed by atoms with E-state index in [4.69, 9.17) is 0 Å². The first-order chi connectivity index (χ1) is 4.84. The van der Waals surface area contributed by atoms with Crippen molar-refractivity contribution < 1.29 is 4.79 Å². The number of hydrogen-bond acceptors (Lipinski definition) is 1. The summed E-state index contributed by atoms with van der Waals surface area (Å²) in [5.74, 6) is 0.400. The topological polar surface area (TPSA) is 29.1 Å². The van der Waals surface area contributed by atoms with E-state index in [0.717, 1.165) is 25.8 Å². The van der Waals surface area contributed by atoms with Crippen LogP contribution in [-0.4, -0.2) is 12.5 Å². The molecule has 1 aliphatic rings. The van der Waals surface area contributed by atoms with E-state index >= 15 is 0 Å². The van der Waals surface area contributed by atoms with E-state index in [9.17, 15) is 4.79 Å². The molecule has 1 aliphatic heterocycles. The van der Waals surface area contributed by atoms with Gasteiger partial charge in [-0.15, -0.1) is 6.58 Å². The van der Waals surface area contributed by atoms with E-state index in [0.29, 0.717) is 0 Å². The van der Waals surface area contributed by atoms with Crippen LogP contribution in [0.25, 0.3) is 0 Å². The number of carbonyl (C=O) groups is 1. The molecule has 0 spiro atoms. The number of allylic oxidation sites excluding steroid dienone is 1. The van der Waals surface area contributed by atoms with Gasteiger partial charge in [-0.2, -0.15) is 0 Å². The number of carbonyl (C=O) groups excluding carboxylic acids is 1. The summed E-state index contributed by atoms with van der Waals surface area (Å²) >= 11 is 0. The summed E-state index contributed by atoms with van der Waals surface area (Å²) < 4.78 is 0. The summed E-state index contributed by atoms with van der Waals surface area (Å²) in [6.45, 7) is 4.46. The Morgan fingerprint density at radius 3 is 3.20 bits per heavy atom. The van der Waals surface area contributed by atoms with Crippen molar-refractivity contribution >= 4 is 5.91 Å². The third-order valence-corrected chi connectivity index (χ3v) is 1.85. The van der Waals surface area contributed by atoms with Crippen molar-refractivity contribution in [2.24, 2.45) is 5.92 Å². The Labute approximate surface area is 61.3 Å². The number of nitrogens with one attached hydrogen (secondary N) is 1. The molecule has 1 atom stereocenters. The largest absolute Gasteiger partial charge is 0.356 e. The molecule has 0 aromatic heterocycles. The lowest BCUT2D eigenvalue weighted by molar-refractivity contribution is -0.126. The SMILES string of the molecule is C=CCC1CCCNC1=O. The van der Waals surface area contributed by atoms with Gasteiger partial charge in [0.1, 0.15) is 0 Å². The van der Waals surface area contributed by atoms with E-state index < -0.39 is 0 Å². The van der Waals surface area contributed by atoms with Crippen LogP contribution in [0.2, 0.25) is 0 Å². The molecule has 0 aromatic carbocycles. The van der Waals surface area contributed by atoms with Crippen LogP contribution in [0.3, 0.4) is 0 Å². The van der Waals surface area contributed by atoms with Crippen molar-refractivity contribution in [1.29, 1.82) is 0 Å². The fourth-order valence-corrected chi connectivity index (χ4v) is 1.26. The van der Waals surface area contributed by atoms with Crippen molar-refractivity contribution in [2.45, 2.75) is 19.3 Å². The first kappa shape index (κ1) is 7.32. The van der Waals surface area contributed by atoms with E-state index in [-0.39, 0.29) is 11.8 Å². The maximum atomic E-state index is 11.0. The van der Waals surface area contributed by atoms with Crippen molar-refractivity contribution in [3.63, 3.8) is 0 Å². The summed E-state index contributed by atoms with van der Waals surface area (Å²) in [7, 11) is 0. The molecule has 2 heteroatoms. The van der Waals surface area contributed by atoms with Gasteiger partial charge >= 0.3 is 0 Å². The minimum absolute atomic E-state index is 0.200. The van der Waals surface area contributed by atoms with Gasteiger partial charge in [-0.25, -0.2) is 0 Å². The summed E-state index contributed by atoms with van der Waals surface area (Å²) in [5, 5.41) is 2.83. The lowest BCUT2D eigenvalue weighted by Gasteiger charge is -2.19. The van der Waals surface area contributed by atoms with E-state index in [1.165, 1.54) is 0 Å². The second-order valence-corrected chi connectivity index (χ2v) is 2.65. The molecule has 1 fully saturated rings. The van der Waals surface area contributed by atoms with Crippen LogP contribution in [-0.2, 0) is 4.79 Å². The molecule has 0 bridgehead atoms. The Balaban J connectivity index is 2.39. The molecule has 10 heavy (non-hydrogen) atoms. The molecule has 0 aliphatic carbocycles. The van der Waals surface area contributed by atoms with Gasteiger partial charge in [0.15, 0.2) is 0 Å². The quantitative estimate of drug-likeness (QED) is 0.570. The molecule has 0 aromatic rings. The highest BCUT2D eigenvalue weighted by molar-refractivity contribution is 5.79. The molecule has 1 amide bonds. The zero-order valence-corrected chi connectivity index (χ0v) is 6.10. The maximum Gasteiger partial charge on any atom is 0.223 e. The predicted octanol–water partition coefficient (Wildman–Crippen LogP) is 1.09. The van der Waals surface area contributed by atoms with E-state index in [2.05, 4.69) is 11.9 Å². The summed E-state index contributed by atoms with van der Waals surface area (Å²) in [5.41, 5.74) is 0. The molecular formula is C8H13NO. The van der Waals surface area contributed by atoms with Crippen LogP contribution < -0.4 is 5.32 Å². The molecule has 1 rings (SSSR count). The van der Waals surface area contributed by atoms with Crippen LogP contribution in [0.5, 0.6) is 0 Å². The molecule has 2 nitrogen and oxygen atoms in total. The first-order valence-corrected chi connectivity index (χ1v) is 3.73. The fourth-order valence-electron chi connectivity index (χ4n) is 1.26. The van der Waals surface area contributed by atoms with Gasteiger partial charge in [0, 0.05) is 12.5 Å². The Bertz CT molecular complexity index is 142. The normalized spacial score (nSPS) is 25.6. The second kappa shape index (κ2) is 3.40. The Hall–Kier alpha value is -0.790. The Morgan fingerprint density at radius 2 is 2.60 bits per heavy atom. The summed E-state index contributed by atoms with van der Waals surface area (Å²) in [4.78, 5) is 11.0. The smallest absolute Gasteiger partial charge is 0.223 e. The third-order valence-electron chi connectivity index (χ3n) is 1.85. The van der Waals surface area contributed by atoms with E-state index in [1.54, 1.807) is 0 Å². The molecule has 1 heterocycles. The third kappa shape index (κ3) is 1.59. The van der Waals surface area contributed by atoms with Crippen molar-refractivity contribution in [3.05, 3.63) is 12.7 Å². The molecule has 1 N–H and O–H groups in total. The van der Waals surface area contributed by atoms with Gasteiger partial charge in [-0.1, -0.05) is 6.08 Å². The average molecular weight is 139 g/mol. The summed E-state index contributed by atoms with van der Waals surface area (Å²) in [6, 6.07) is 0. The highest BCUT2D eigenvalue weighted by atomic mass is 16.1. The summed E-state index contributed by atoms with van der Waals surface area (Å²) in [6.07, 6.45) is 4.78. The van der Waals surface area contributed by atoms with Gasteiger partial charge in [-0.3, -0.25) is 4.79 Å². The molecule has 1 unspecified atom stereocenters. The molecule has 0 saturated carbocycles.